The van der Waals surface area contributed by atoms with Crippen molar-refractivity contribution in [2.24, 2.45) is 0 Å². The lowest BCUT2D eigenvalue weighted by molar-refractivity contribution is -0.131. The van der Waals surface area contributed by atoms with E-state index in [2.05, 4.69) is 0 Å². The van der Waals surface area contributed by atoms with E-state index in [-0.39, 0.29) is 17.1 Å². The molecule has 0 bridgehead atoms. The maximum atomic E-state index is 11.4. The third kappa shape index (κ3) is 2.30. The topological polar surface area (TPSA) is 82.1 Å². The second kappa shape index (κ2) is 5.20. The molecule has 17 heavy (non-hydrogen) atoms. The minimum absolute atomic E-state index is 0.0410. The zero-order valence-corrected chi connectivity index (χ0v) is 9.64. The number of ketones is 1. The summed E-state index contributed by atoms with van der Waals surface area (Å²) in [7, 11) is 4.11. The second-order valence-corrected chi connectivity index (χ2v) is 3.02. The molecule has 0 saturated heterocycles. The molecule has 1 rings (SSSR count). The molecule has 1 aromatic carbocycles. The first kappa shape index (κ1) is 12.8. The number of hydrogen-bond acceptors (Lipinski definition) is 5. The van der Waals surface area contributed by atoms with Crippen molar-refractivity contribution in [1.29, 1.82) is 0 Å². The largest absolute Gasteiger partial charge is 0.493 e. The Balaban J connectivity index is 3.43. The Morgan fingerprint density at radius 3 is 2.00 bits per heavy atom. The van der Waals surface area contributed by atoms with Crippen molar-refractivity contribution in [3.63, 3.8) is 0 Å². The van der Waals surface area contributed by atoms with Gasteiger partial charge in [-0.1, -0.05) is 0 Å². The molecular formula is C11H12O6. The number of carboxylic acid groups (broad SMARTS) is 1. The maximum absolute atomic E-state index is 11.4. The van der Waals surface area contributed by atoms with Crippen LogP contribution in [0, 0.1) is 0 Å². The van der Waals surface area contributed by atoms with Crippen LogP contribution in [0.25, 0.3) is 0 Å². The minimum atomic E-state index is -1.56. The Labute approximate surface area is 97.7 Å². The van der Waals surface area contributed by atoms with Crippen LogP contribution >= 0.6 is 0 Å². The van der Waals surface area contributed by atoms with E-state index in [4.69, 9.17) is 19.3 Å². The quantitative estimate of drug-likeness (QED) is 0.610. The summed E-state index contributed by atoms with van der Waals surface area (Å²) < 4.78 is 15.0. The van der Waals surface area contributed by atoms with Crippen molar-refractivity contribution in [2.45, 2.75) is 0 Å². The number of aliphatic carboxylic acids is 1. The SMILES string of the molecule is COc1ccc(C(=O)C(=O)O)c(OC)c1OC. The number of hydrogen-bond donors (Lipinski definition) is 1. The summed E-state index contributed by atoms with van der Waals surface area (Å²) >= 11 is 0. The van der Waals surface area contributed by atoms with Gasteiger partial charge in [-0.3, -0.25) is 4.79 Å². The van der Waals surface area contributed by atoms with Crippen LogP contribution in [-0.2, 0) is 4.79 Å². The van der Waals surface area contributed by atoms with Crippen molar-refractivity contribution in [2.75, 3.05) is 21.3 Å². The van der Waals surface area contributed by atoms with Gasteiger partial charge in [0.05, 0.1) is 26.9 Å². The first-order valence-electron chi connectivity index (χ1n) is 4.63. The van der Waals surface area contributed by atoms with E-state index in [1.54, 1.807) is 0 Å². The molecule has 0 aromatic heterocycles. The van der Waals surface area contributed by atoms with Gasteiger partial charge in [0.1, 0.15) is 0 Å². The number of carboxylic acids is 1. The van der Waals surface area contributed by atoms with Crippen molar-refractivity contribution in [3.8, 4) is 17.2 Å². The molecule has 1 N–H and O–H groups in total. The predicted octanol–water partition coefficient (Wildman–Crippen LogP) is 0.980. The fraction of sp³-hybridized carbons (Fsp3) is 0.273. The van der Waals surface area contributed by atoms with Crippen LogP contribution < -0.4 is 14.2 Å². The molecule has 0 aliphatic heterocycles. The van der Waals surface area contributed by atoms with E-state index in [1.807, 2.05) is 0 Å². The lowest BCUT2D eigenvalue weighted by Crippen LogP contribution is -2.14. The molecule has 0 saturated carbocycles. The van der Waals surface area contributed by atoms with E-state index in [9.17, 15) is 9.59 Å². The first-order chi connectivity index (χ1) is 8.06. The Bertz CT molecular complexity index is 452. The molecule has 0 fully saturated rings. The lowest BCUT2D eigenvalue weighted by Gasteiger charge is -2.14. The fourth-order valence-corrected chi connectivity index (χ4v) is 1.40. The highest BCUT2D eigenvalue weighted by atomic mass is 16.5. The number of Topliss-reactive ketones (excluding diaryl/α,β-unsaturated/α-hetero) is 1. The molecule has 0 radical (unpaired) electrons. The Morgan fingerprint density at radius 1 is 1.00 bits per heavy atom. The highest BCUT2D eigenvalue weighted by molar-refractivity contribution is 6.40. The highest BCUT2D eigenvalue weighted by Gasteiger charge is 2.24. The van der Waals surface area contributed by atoms with E-state index in [1.165, 1.54) is 33.5 Å². The number of rotatable bonds is 5. The summed E-state index contributed by atoms with van der Waals surface area (Å²) in [5.41, 5.74) is -0.0855. The lowest BCUT2D eigenvalue weighted by atomic mass is 10.1. The molecular weight excluding hydrogens is 228 g/mol. The average molecular weight is 240 g/mol. The molecule has 0 aliphatic rings. The number of carbonyl (C=O) groups is 2. The van der Waals surface area contributed by atoms with Crippen molar-refractivity contribution in [1.82, 2.24) is 0 Å². The average Bonchev–Trinajstić information content (AvgIpc) is 2.35. The van der Waals surface area contributed by atoms with E-state index in [0.717, 1.165) is 0 Å². The van der Waals surface area contributed by atoms with Crippen LogP contribution in [0.3, 0.4) is 0 Å². The van der Waals surface area contributed by atoms with Crippen molar-refractivity contribution < 1.29 is 28.9 Å². The summed E-state index contributed by atoms with van der Waals surface area (Å²) in [6.45, 7) is 0. The minimum Gasteiger partial charge on any atom is -0.493 e. The van der Waals surface area contributed by atoms with Crippen LogP contribution in [0.5, 0.6) is 17.2 Å². The van der Waals surface area contributed by atoms with Crippen LogP contribution in [0.15, 0.2) is 12.1 Å². The highest BCUT2D eigenvalue weighted by Crippen LogP contribution is 2.39. The number of benzene rings is 1. The Morgan fingerprint density at radius 2 is 1.59 bits per heavy atom. The third-order valence-corrected chi connectivity index (χ3v) is 2.14. The predicted molar refractivity (Wildman–Crippen MR) is 58.1 cm³/mol. The summed E-state index contributed by atoms with van der Waals surface area (Å²) in [6, 6.07) is 2.76. The normalized spacial score (nSPS) is 9.59. The zero-order valence-electron chi connectivity index (χ0n) is 9.64. The smallest absolute Gasteiger partial charge is 0.377 e. The van der Waals surface area contributed by atoms with Crippen molar-refractivity contribution >= 4 is 11.8 Å². The number of ether oxygens (including phenoxy) is 3. The van der Waals surface area contributed by atoms with Gasteiger partial charge in [0, 0.05) is 0 Å². The van der Waals surface area contributed by atoms with Gasteiger partial charge < -0.3 is 19.3 Å². The van der Waals surface area contributed by atoms with Crippen molar-refractivity contribution in [3.05, 3.63) is 17.7 Å². The third-order valence-electron chi connectivity index (χ3n) is 2.14. The van der Waals surface area contributed by atoms with Gasteiger partial charge in [0.15, 0.2) is 11.5 Å². The molecule has 6 heteroatoms. The standard InChI is InChI=1S/C11H12O6/c1-15-7-5-4-6(8(12)11(13)14)9(16-2)10(7)17-3/h4-5H,1-3H3,(H,13,14). The molecule has 0 atom stereocenters. The molecule has 6 nitrogen and oxygen atoms in total. The van der Waals surface area contributed by atoms with Crippen LogP contribution in [-0.4, -0.2) is 38.2 Å². The number of carbonyl (C=O) groups excluding carboxylic acids is 1. The van der Waals surface area contributed by atoms with E-state index >= 15 is 0 Å². The molecule has 0 spiro atoms. The van der Waals surface area contributed by atoms with E-state index in [0.29, 0.717) is 5.75 Å². The van der Waals surface area contributed by atoms with E-state index < -0.39 is 11.8 Å². The van der Waals surface area contributed by atoms with Gasteiger partial charge in [0.2, 0.25) is 5.75 Å². The molecule has 0 aliphatic carbocycles. The fourth-order valence-electron chi connectivity index (χ4n) is 1.40. The van der Waals surface area contributed by atoms with Crippen LogP contribution in [0.1, 0.15) is 10.4 Å². The Hall–Kier alpha value is -2.24. The molecule has 0 heterocycles. The van der Waals surface area contributed by atoms with Gasteiger partial charge in [-0.05, 0) is 12.1 Å². The van der Waals surface area contributed by atoms with Gasteiger partial charge in [-0.25, -0.2) is 4.79 Å². The maximum Gasteiger partial charge on any atom is 0.377 e. The summed E-state index contributed by atoms with van der Waals surface area (Å²) in [5, 5.41) is 8.67. The summed E-state index contributed by atoms with van der Waals surface area (Å²) in [6.07, 6.45) is 0. The van der Waals surface area contributed by atoms with Gasteiger partial charge in [-0.2, -0.15) is 0 Å². The Kier molecular flexibility index (Phi) is 3.92. The first-order valence-corrected chi connectivity index (χ1v) is 4.63. The molecule has 92 valence electrons. The van der Waals surface area contributed by atoms with Crippen LogP contribution in [0.4, 0.5) is 0 Å². The molecule has 0 amide bonds. The monoisotopic (exact) mass is 240 g/mol. The molecule has 0 unspecified atom stereocenters. The molecule has 1 aromatic rings. The van der Waals surface area contributed by atoms with Gasteiger partial charge >= 0.3 is 5.97 Å². The van der Waals surface area contributed by atoms with Gasteiger partial charge in [-0.15, -0.1) is 0 Å². The summed E-state index contributed by atoms with van der Waals surface area (Å²) in [4.78, 5) is 22.1. The van der Waals surface area contributed by atoms with Crippen LogP contribution in [0.2, 0.25) is 0 Å². The summed E-state index contributed by atoms with van der Waals surface area (Å²) in [5.74, 6) is -2.05. The second-order valence-electron chi connectivity index (χ2n) is 3.02. The zero-order chi connectivity index (χ0) is 13.0. The number of methoxy groups -OCH3 is 3. The van der Waals surface area contributed by atoms with Gasteiger partial charge in [0.25, 0.3) is 5.78 Å².